The minimum atomic E-state index is -4.55. The number of fused-ring (bicyclic) bond motifs is 1. The summed E-state index contributed by atoms with van der Waals surface area (Å²) in [5, 5.41) is 0.479. The Hall–Kier alpha value is -2.81. The maximum atomic E-state index is 13.3. The van der Waals surface area contributed by atoms with Gasteiger partial charge in [-0.3, -0.25) is 14.2 Å². The maximum absolute atomic E-state index is 13.3. The van der Waals surface area contributed by atoms with Gasteiger partial charge in [-0.15, -0.1) is 0 Å². The van der Waals surface area contributed by atoms with E-state index in [-0.39, 0.29) is 34.6 Å². The molecular weight excluding hydrogens is 451 g/mol. The van der Waals surface area contributed by atoms with E-state index in [0.717, 1.165) is 43.2 Å². The van der Waals surface area contributed by atoms with Gasteiger partial charge < -0.3 is 4.90 Å². The first kappa shape index (κ1) is 23.4. The number of benzene rings is 2. The Balaban J connectivity index is 1.75. The summed E-state index contributed by atoms with van der Waals surface area (Å²) in [5.74, 6) is -0.0315. The van der Waals surface area contributed by atoms with E-state index in [4.69, 9.17) is 0 Å². The third kappa shape index (κ3) is 4.78. The molecule has 9 heteroatoms. The molecule has 0 radical (unpaired) electrons. The molecule has 1 aliphatic heterocycles. The average Bonchev–Trinajstić information content (AvgIpc) is 2.77. The first-order valence-corrected chi connectivity index (χ1v) is 11.8. The number of hydrogen-bond donors (Lipinski definition) is 0. The van der Waals surface area contributed by atoms with Gasteiger partial charge in [-0.1, -0.05) is 30.0 Å². The Labute approximate surface area is 193 Å². The number of rotatable bonds is 4. The summed E-state index contributed by atoms with van der Waals surface area (Å²) in [6.45, 7) is 4.04. The van der Waals surface area contributed by atoms with Crippen molar-refractivity contribution in [2.75, 3.05) is 5.75 Å². The van der Waals surface area contributed by atoms with Crippen LogP contribution in [0.2, 0.25) is 0 Å². The predicted molar refractivity (Wildman–Crippen MR) is 123 cm³/mol. The van der Waals surface area contributed by atoms with Crippen LogP contribution in [0, 0.1) is 0 Å². The second kappa shape index (κ2) is 9.21. The number of carbonyl (C=O) groups excluding carboxylic acids is 1. The summed E-state index contributed by atoms with van der Waals surface area (Å²) in [7, 11) is 0. The SMILES string of the molecule is C[C@@H]1CCC[C@@H](C)N1C(=O)CSc1nc2ccccc2c(=O)n1-c1cccc(C(F)(F)F)c1. The van der Waals surface area contributed by atoms with Gasteiger partial charge in [0, 0.05) is 12.1 Å². The molecule has 1 aliphatic rings. The fraction of sp³-hybridized carbons (Fsp3) is 0.375. The van der Waals surface area contributed by atoms with E-state index in [1.165, 1.54) is 16.7 Å². The smallest absolute Gasteiger partial charge is 0.337 e. The van der Waals surface area contributed by atoms with E-state index in [9.17, 15) is 22.8 Å². The molecule has 0 spiro atoms. The van der Waals surface area contributed by atoms with Gasteiger partial charge in [-0.2, -0.15) is 13.2 Å². The number of hydrogen-bond acceptors (Lipinski definition) is 4. The Kier molecular flexibility index (Phi) is 6.52. The number of piperidine rings is 1. The first-order chi connectivity index (χ1) is 15.7. The van der Waals surface area contributed by atoms with Crippen molar-refractivity contribution in [1.82, 2.24) is 14.5 Å². The standard InChI is InChI=1S/C24H24F3N3O2S/c1-15-7-5-8-16(2)29(15)21(31)14-33-23-28-20-12-4-3-11-19(20)22(32)30(23)18-10-6-9-17(13-18)24(25,26)27/h3-4,6,9-13,15-16H,5,7-8,14H2,1-2H3/t15-,16-/m1/s1. The van der Waals surface area contributed by atoms with E-state index >= 15 is 0 Å². The molecule has 174 valence electrons. The molecule has 1 aromatic heterocycles. The Morgan fingerprint density at radius 1 is 1.09 bits per heavy atom. The molecule has 2 atom stereocenters. The van der Waals surface area contributed by atoms with Gasteiger partial charge in [0.15, 0.2) is 5.16 Å². The number of carbonyl (C=O) groups is 1. The molecule has 1 saturated heterocycles. The molecule has 0 aliphatic carbocycles. The molecule has 0 unspecified atom stereocenters. The molecular formula is C24H24F3N3O2S. The van der Waals surface area contributed by atoms with Crippen LogP contribution in [0.25, 0.3) is 16.6 Å². The van der Waals surface area contributed by atoms with E-state index < -0.39 is 17.3 Å². The number of likely N-dealkylation sites (tertiary alicyclic amines) is 1. The van der Waals surface area contributed by atoms with Crippen molar-refractivity contribution in [2.24, 2.45) is 0 Å². The van der Waals surface area contributed by atoms with Gasteiger partial charge in [-0.25, -0.2) is 4.98 Å². The molecule has 2 heterocycles. The number of para-hydroxylation sites is 1. The van der Waals surface area contributed by atoms with Crippen LogP contribution >= 0.6 is 11.8 Å². The molecule has 33 heavy (non-hydrogen) atoms. The van der Waals surface area contributed by atoms with Crippen LogP contribution in [0.4, 0.5) is 13.2 Å². The quantitative estimate of drug-likeness (QED) is 0.380. The maximum Gasteiger partial charge on any atom is 0.416 e. The van der Waals surface area contributed by atoms with Crippen LogP contribution < -0.4 is 5.56 Å². The molecule has 1 fully saturated rings. The number of amides is 1. The van der Waals surface area contributed by atoms with E-state index in [1.54, 1.807) is 24.3 Å². The summed E-state index contributed by atoms with van der Waals surface area (Å²) in [6.07, 6.45) is -1.61. The normalized spacial score (nSPS) is 19.1. The topological polar surface area (TPSA) is 55.2 Å². The van der Waals surface area contributed by atoms with Gasteiger partial charge in [0.25, 0.3) is 5.56 Å². The van der Waals surface area contributed by atoms with E-state index in [2.05, 4.69) is 4.98 Å². The Bertz CT molecular complexity index is 1230. The number of alkyl halides is 3. The summed E-state index contributed by atoms with van der Waals surface area (Å²) < 4.78 is 41.1. The highest BCUT2D eigenvalue weighted by molar-refractivity contribution is 7.99. The lowest BCUT2D eigenvalue weighted by molar-refractivity contribution is -0.137. The van der Waals surface area contributed by atoms with Crippen molar-refractivity contribution >= 4 is 28.6 Å². The van der Waals surface area contributed by atoms with Gasteiger partial charge in [0.2, 0.25) is 5.91 Å². The number of nitrogens with zero attached hydrogens (tertiary/aromatic N) is 3. The lowest BCUT2D eigenvalue weighted by atomic mass is 9.98. The molecule has 5 nitrogen and oxygen atoms in total. The van der Waals surface area contributed by atoms with Gasteiger partial charge >= 0.3 is 6.18 Å². The highest BCUT2D eigenvalue weighted by atomic mass is 32.2. The van der Waals surface area contributed by atoms with Crippen LogP contribution in [-0.2, 0) is 11.0 Å². The zero-order chi connectivity index (χ0) is 23.8. The minimum absolute atomic E-state index is 0.0401. The summed E-state index contributed by atoms with van der Waals surface area (Å²) in [4.78, 5) is 32.7. The fourth-order valence-electron chi connectivity index (χ4n) is 4.37. The summed E-state index contributed by atoms with van der Waals surface area (Å²) in [6, 6.07) is 11.5. The van der Waals surface area contributed by atoms with Crippen LogP contribution in [-0.4, -0.2) is 38.2 Å². The van der Waals surface area contributed by atoms with E-state index in [0.29, 0.717) is 10.9 Å². The second-order valence-corrected chi connectivity index (χ2v) is 9.26. The summed E-state index contributed by atoms with van der Waals surface area (Å²) in [5.41, 5.74) is -0.847. The Morgan fingerprint density at radius 2 is 1.79 bits per heavy atom. The van der Waals surface area contributed by atoms with Crippen LogP contribution in [0.5, 0.6) is 0 Å². The number of thioether (sulfide) groups is 1. The third-order valence-electron chi connectivity index (χ3n) is 5.98. The van der Waals surface area contributed by atoms with Gasteiger partial charge in [-0.05, 0) is 63.4 Å². The molecule has 4 rings (SSSR count). The van der Waals surface area contributed by atoms with Crippen LogP contribution in [0.15, 0.2) is 58.5 Å². The van der Waals surface area contributed by atoms with Crippen molar-refractivity contribution in [3.05, 3.63) is 64.4 Å². The van der Waals surface area contributed by atoms with Crippen molar-refractivity contribution in [1.29, 1.82) is 0 Å². The Morgan fingerprint density at radius 3 is 2.48 bits per heavy atom. The molecule has 1 amide bonds. The monoisotopic (exact) mass is 475 g/mol. The van der Waals surface area contributed by atoms with Crippen molar-refractivity contribution < 1.29 is 18.0 Å². The minimum Gasteiger partial charge on any atom is -0.337 e. The highest BCUT2D eigenvalue weighted by Crippen LogP contribution is 2.31. The third-order valence-corrected chi connectivity index (χ3v) is 6.91. The van der Waals surface area contributed by atoms with Crippen molar-refractivity contribution in [3.8, 4) is 5.69 Å². The number of halogens is 3. The largest absolute Gasteiger partial charge is 0.416 e. The lowest BCUT2D eigenvalue weighted by Gasteiger charge is -2.39. The molecule has 0 saturated carbocycles. The van der Waals surface area contributed by atoms with E-state index in [1.807, 2.05) is 18.7 Å². The number of aromatic nitrogens is 2. The zero-order valence-electron chi connectivity index (χ0n) is 18.3. The molecule has 2 aromatic carbocycles. The fourth-order valence-corrected chi connectivity index (χ4v) is 5.25. The molecule has 3 aromatic rings. The molecule has 0 bridgehead atoms. The highest BCUT2D eigenvalue weighted by Gasteiger charge is 2.31. The average molecular weight is 476 g/mol. The summed E-state index contributed by atoms with van der Waals surface area (Å²) >= 11 is 1.07. The predicted octanol–water partition coefficient (Wildman–Crippen LogP) is 5.29. The van der Waals surface area contributed by atoms with Crippen LogP contribution in [0.1, 0.15) is 38.7 Å². The van der Waals surface area contributed by atoms with Gasteiger partial charge in [0.1, 0.15) is 0 Å². The zero-order valence-corrected chi connectivity index (χ0v) is 19.1. The molecule has 0 N–H and O–H groups in total. The van der Waals surface area contributed by atoms with Crippen molar-refractivity contribution in [2.45, 2.75) is 56.5 Å². The second-order valence-electron chi connectivity index (χ2n) is 8.32. The van der Waals surface area contributed by atoms with Gasteiger partial charge in [0.05, 0.1) is 27.9 Å². The first-order valence-electron chi connectivity index (χ1n) is 10.8. The lowest BCUT2D eigenvalue weighted by Crippen LogP contribution is -2.48. The van der Waals surface area contributed by atoms with Crippen LogP contribution in [0.3, 0.4) is 0 Å². The van der Waals surface area contributed by atoms with Crippen molar-refractivity contribution in [3.63, 3.8) is 0 Å².